The Morgan fingerprint density at radius 2 is 2.17 bits per heavy atom. The summed E-state index contributed by atoms with van der Waals surface area (Å²) in [5, 5.41) is 3.18. The van der Waals surface area contributed by atoms with Gasteiger partial charge in [-0.1, -0.05) is 0 Å². The lowest BCUT2D eigenvalue weighted by molar-refractivity contribution is -0.131. The van der Waals surface area contributed by atoms with Crippen molar-refractivity contribution in [1.82, 2.24) is 10.2 Å². The molecule has 68 valence electrons. The van der Waals surface area contributed by atoms with E-state index in [2.05, 4.69) is 5.32 Å². The second-order valence-electron chi connectivity index (χ2n) is 3.96. The first kappa shape index (κ1) is 8.05. The highest BCUT2D eigenvalue weighted by Gasteiger charge is 2.31. The lowest BCUT2D eigenvalue weighted by atomic mass is 9.99. The molecule has 0 radical (unpaired) electrons. The van der Waals surface area contributed by atoms with Crippen LogP contribution in [0.5, 0.6) is 0 Å². The van der Waals surface area contributed by atoms with E-state index >= 15 is 0 Å². The molecule has 2 aliphatic rings. The van der Waals surface area contributed by atoms with Gasteiger partial charge in [0.25, 0.3) is 0 Å². The fraction of sp³-hybridized carbons (Fsp3) is 0.889. The van der Waals surface area contributed by atoms with E-state index < -0.39 is 0 Å². The van der Waals surface area contributed by atoms with Gasteiger partial charge in [0.15, 0.2) is 0 Å². The molecule has 3 heteroatoms. The maximum Gasteiger partial charge on any atom is 0.222 e. The molecule has 1 aliphatic heterocycles. The second-order valence-corrected chi connectivity index (χ2v) is 3.96. The van der Waals surface area contributed by atoms with Crippen molar-refractivity contribution in [2.45, 2.75) is 25.3 Å². The van der Waals surface area contributed by atoms with Crippen LogP contribution in [0.4, 0.5) is 0 Å². The lowest BCUT2D eigenvalue weighted by Crippen LogP contribution is -2.45. The lowest BCUT2D eigenvalue weighted by Gasteiger charge is -2.28. The number of nitrogens with one attached hydrogen (secondary N) is 1. The van der Waals surface area contributed by atoms with Gasteiger partial charge in [-0.05, 0) is 31.8 Å². The molecule has 3 nitrogen and oxygen atoms in total. The van der Waals surface area contributed by atoms with Crippen LogP contribution < -0.4 is 5.32 Å². The summed E-state index contributed by atoms with van der Waals surface area (Å²) in [6.45, 7) is 2.06. The van der Waals surface area contributed by atoms with E-state index in [0.717, 1.165) is 19.5 Å². The predicted octanol–water partition coefficient (Wildman–Crippen LogP) is 0.217. The molecule has 1 saturated carbocycles. The van der Waals surface area contributed by atoms with Crippen LogP contribution in [-0.4, -0.2) is 37.0 Å². The molecule has 0 spiro atoms. The Kier molecular flexibility index (Phi) is 2.05. The summed E-state index contributed by atoms with van der Waals surface area (Å²) in [6, 6.07) is 0.575. The minimum absolute atomic E-state index is 0.337. The number of carbonyl (C=O) groups excluding carboxylic acids is 1. The average Bonchev–Trinajstić information content (AvgIpc) is 2.77. The maximum atomic E-state index is 11.5. The van der Waals surface area contributed by atoms with E-state index in [0.29, 0.717) is 17.9 Å². The van der Waals surface area contributed by atoms with Gasteiger partial charge in [-0.25, -0.2) is 0 Å². The van der Waals surface area contributed by atoms with Crippen molar-refractivity contribution in [2.75, 3.05) is 20.1 Å². The van der Waals surface area contributed by atoms with Crippen LogP contribution in [0.25, 0.3) is 0 Å². The first-order chi connectivity index (χ1) is 5.77. The van der Waals surface area contributed by atoms with Gasteiger partial charge in [0.05, 0.1) is 0 Å². The Balaban J connectivity index is 1.74. The third kappa shape index (κ3) is 1.61. The van der Waals surface area contributed by atoms with E-state index in [1.165, 1.54) is 12.8 Å². The first-order valence-corrected chi connectivity index (χ1v) is 4.74. The summed E-state index contributed by atoms with van der Waals surface area (Å²) in [5.74, 6) is 0.947. The molecule has 0 unspecified atom stereocenters. The number of hydrogen-bond acceptors (Lipinski definition) is 2. The van der Waals surface area contributed by atoms with Gasteiger partial charge in [-0.3, -0.25) is 4.79 Å². The predicted molar refractivity (Wildman–Crippen MR) is 46.8 cm³/mol. The van der Waals surface area contributed by atoms with Gasteiger partial charge >= 0.3 is 0 Å². The van der Waals surface area contributed by atoms with Gasteiger partial charge in [0, 0.05) is 19.5 Å². The van der Waals surface area contributed by atoms with Gasteiger partial charge in [0.2, 0.25) is 5.91 Å². The highest BCUT2D eigenvalue weighted by atomic mass is 16.2. The largest absolute Gasteiger partial charge is 0.343 e. The van der Waals surface area contributed by atoms with E-state index in [4.69, 9.17) is 0 Å². The van der Waals surface area contributed by atoms with E-state index in [-0.39, 0.29) is 0 Å². The SMILES string of the molecule is CN(C(=O)CC1CNC1)C1CC1. The van der Waals surface area contributed by atoms with E-state index in [1.54, 1.807) is 0 Å². The van der Waals surface area contributed by atoms with Crippen LogP contribution in [0.1, 0.15) is 19.3 Å². The molecule has 2 fully saturated rings. The van der Waals surface area contributed by atoms with Gasteiger partial charge in [-0.15, -0.1) is 0 Å². The van der Waals surface area contributed by atoms with Crippen molar-refractivity contribution in [2.24, 2.45) is 5.92 Å². The van der Waals surface area contributed by atoms with Crippen LogP contribution in [0.2, 0.25) is 0 Å². The third-order valence-corrected chi connectivity index (χ3v) is 2.82. The monoisotopic (exact) mass is 168 g/mol. The summed E-state index contributed by atoms with van der Waals surface area (Å²) in [7, 11) is 1.94. The highest BCUT2D eigenvalue weighted by molar-refractivity contribution is 5.77. The third-order valence-electron chi connectivity index (χ3n) is 2.82. The Morgan fingerprint density at radius 1 is 1.50 bits per heavy atom. The van der Waals surface area contributed by atoms with E-state index in [1.807, 2.05) is 11.9 Å². The Morgan fingerprint density at radius 3 is 2.58 bits per heavy atom. The topological polar surface area (TPSA) is 32.3 Å². The maximum absolute atomic E-state index is 11.5. The highest BCUT2D eigenvalue weighted by Crippen LogP contribution is 2.26. The van der Waals surface area contributed by atoms with E-state index in [9.17, 15) is 4.79 Å². The molecule has 2 rings (SSSR count). The van der Waals surface area contributed by atoms with Crippen molar-refractivity contribution >= 4 is 5.91 Å². The van der Waals surface area contributed by atoms with Crippen molar-refractivity contribution < 1.29 is 4.79 Å². The van der Waals surface area contributed by atoms with Gasteiger partial charge < -0.3 is 10.2 Å². The number of amides is 1. The number of nitrogens with zero attached hydrogens (tertiary/aromatic N) is 1. The molecule has 0 aromatic rings. The van der Waals surface area contributed by atoms with Crippen molar-refractivity contribution in [3.8, 4) is 0 Å². The van der Waals surface area contributed by atoms with Crippen LogP contribution in [0.3, 0.4) is 0 Å². The fourth-order valence-electron chi connectivity index (χ4n) is 1.55. The summed E-state index contributed by atoms with van der Waals surface area (Å²) in [4.78, 5) is 13.5. The fourth-order valence-corrected chi connectivity index (χ4v) is 1.55. The Labute approximate surface area is 73.1 Å². The van der Waals surface area contributed by atoms with Gasteiger partial charge in [-0.2, -0.15) is 0 Å². The molecule has 1 heterocycles. The van der Waals surface area contributed by atoms with Crippen molar-refractivity contribution in [1.29, 1.82) is 0 Å². The number of rotatable bonds is 3. The zero-order valence-electron chi connectivity index (χ0n) is 7.55. The average molecular weight is 168 g/mol. The van der Waals surface area contributed by atoms with Crippen LogP contribution in [-0.2, 0) is 4.79 Å². The molecular weight excluding hydrogens is 152 g/mol. The molecule has 0 aromatic heterocycles. The first-order valence-electron chi connectivity index (χ1n) is 4.74. The molecule has 1 amide bonds. The minimum Gasteiger partial charge on any atom is -0.343 e. The number of carbonyl (C=O) groups is 1. The second kappa shape index (κ2) is 3.05. The molecule has 1 N–H and O–H groups in total. The van der Waals surface area contributed by atoms with Crippen molar-refractivity contribution in [3.05, 3.63) is 0 Å². The molecule has 12 heavy (non-hydrogen) atoms. The van der Waals surface area contributed by atoms with Crippen LogP contribution in [0, 0.1) is 5.92 Å². The Bertz CT molecular complexity index is 185. The number of hydrogen-bond donors (Lipinski definition) is 1. The zero-order valence-corrected chi connectivity index (χ0v) is 7.55. The molecule has 1 aliphatic carbocycles. The molecule has 0 atom stereocenters. The smallest absolute Gasteiger partial charge is 0.222 e. The molecular formula is C9H16N2O. The summed E-state index contributed by atoms with van der Waals surface area (Å²) < 4.78 is 0. The summed E-state index contributed by atoms with van der Waals surface area (Å²) in [5.41, 5.74) is 0. The van der Waals surface area contributed by atoms with Crippen molar-refractivity contribution in [3.63, 3.8) is 0 Å². The molecule has 0 aromatic carbocycles. The summed E-state index contributed by atoms with van der Waals surface area (Å²) in [6.07, 6.45) is 3.18. The summed E-state index contributed by atoms with van der Waals surface area (Å²) >= 11 is 0. The molecule has 0 bridgehead atoms. The minimum atomic E-state index is 0.337. The standard InChI is InChI=1S/C9H16N2O/c1-11(8-2-3-8)9(12)4-7-5-10-6-7/h7-8,10H,2-6H2,1H3. The normalized spacial score (nSPS) is 23.4. The quantitative estimate of drug-likeness (QED) is 0.653. The Hall–Kier alpha value is -0.570. The van der Waals surface area contributed by atoms with Gasteiger partial charge in [0.1, 0.15) is 0 Å². The molecule has 1 saturated heterocycles. The van der Waals surface area contributed by atoms with Crippen LogP contribution >= 0.6 is 0 Å². The van der Waals surface area contributed by atoms with Crippen LogP contribution in [0.15, 0.2) is 0 Å². The zero-order chi connectivity index (χ0) is 8.55.